The van der Waals surface area contributed by atoms with E-state index in [-0.39, 0.29) is 23.9 Å². The van der Waals surface area contributed by atoms with Crippen LogP contribution in [0.25, 0.3) is 10.9 Å². The first-order valence-electron chi connectivity index (χ1n) is 7.72. The quantitative estimate of drug-likeness (QED) is 0.940. The van der Waals surface area contributed by atoms with Crippen molar-refractivity contribution in [3.63, 3.8) is 0 Å². The number of carbonyl (C=O) groups excluding carboxylic acids is 2. The number of amides is 2. The number of aromatic amines is 1. The lowest BCUT2D eigenvalue weighted by molar-refractivity contribution is -0.135. The Balaban J connectivity index is 1.84. The Hall–Kier alpha value is -1.95. The molecule has 6 heteroatoms. The van der Waals surface area contributed by atoms with Crippen LogP contribution in [0.1, 0.15) is 24.3 Å². The van der Waals surface area contributed by atoms with Gasteiger partial charge in [0.05, 0.1) is 5.88 Å². The largest absolute Gasteiger partial charge is 0.351 e. The molecular weight excluding hydrogens is 310 g/mol. The molecule has 2 aromatic rings. The van der Waals surface area contributed by atoms with Gasteiger partial charge in [0.25, 0.3) is 5.91 Å². The topological polar surface area (TPSA) is 56.4 Å². The second kappa shape index (κ2) is 6.28. The van der Waals surface area contributed by atoms with Crippen molar-refractivity contribution in [3.05, 3.63) is 36.0 Å². The number of thioether (sulfide) groups is 1. The number of rotatable bonds is 3. The number of nitrogens with one attached hydrogen (secondary N) is 1. The fraction of sp³-hybridized carbons (Fsp3) is 0.412. The lowest BCUT2D eigenvalue weighted by Crippen LogP contribution is -2.49. The molecule has 0 unspecified atom stereocenters. The van der Waals surface area contributed by atoms with Gasteiger partial charge in [-0.3, -0.25) is 9.59 Å². The van der Waals surface area contributed by atoms with Gasteiger partial charge in [0, 0.05) is 29.7 Å². The molecule has 0 aliphatic carbocycles. The molecule has 5 nitrogen and oxygen atoms in total. The van der Waals surface area contributed by atoms with Crippen molar-refractivity contribution in [1.82, 2.24) is 14.8 Å². The first-order valence-corrected chi connectivity index (χ1v) is 8.87. The van der Waals surface area contributed by atoms with Crippen LogP contribution in [-0.2, 0) is 4.79 Å². The third-order valence-corrected chi connectivity index (χ3v) is 5.32. The van der Waals surface area contributed by atoms with Crippen LogP contribution in [0.3, 0.4) is 0 Å². The highest BCUT2D eigenvalue weighted by atomic mass is 32.2. The minimum atomic E-state index is -0.383. The summed E-state index contributed by atoms with van der Waals surface area (Å²) < 4.78 is 0. The molecule has 23 heavy (non-hydrogen) atoms. The molecule has 0 spiro atoms. The van der Waals surface area contributed by atoms with Gasteiger partial charge in [-0.15, -0.1) is 11.8 Å². The second-order valence-corrected chi connectivity index (χ2v) is 7.10. The molecule has 1 fully saturated rings. The van der Waals surface area contributed by atoms with E-state index in [4.69, 9.17) is 0 Å². The second-order valence-electron chi connectivity index (χ2n) is 6.10. The standard InChI is InChI=1S/C17H21N3O2S/c1-11(2)19(3)17(22)15-9-23-10-20(15)16(21)14-8-12-6-4-5-7-13(12)18-14/h4-8,11,15,18H,9-10H2,1-3H3/t15-/m1/s1. The van der Waals surface area contributed by atoms with Crippen molar-refractivity contribution in [2.45, 2.75) is 25.9 Å². The number of likely N-dealkylation sites (N-methyl/N-ethyl adjacent to an activating group) is 1. The Morgan fingerprint density at radius 3 is 2.78 bits per heavy atom. The van der Waals surface area contributed by atoms with Gasteiger partial charge >= 0.3 is 0 Å². The summed E-state index contributed by atoms with van der Waals surface area (Å²) >= 11 is 1.62. The number of benzene rings is 1. The van der Waals surface area contributed by atoms with Crippen LogP contribution in [0.5, 0.6) is 0 Å². The van der Waals surface area contributed by atoms with E-state index in [9.17, 15) is 9.59 Å². The van der Waals surface area contributed by atoms with Crippen LogP contribution in [0.2, 0.25) is 0 Å². The number of fused-ring (bicyclic) bond motifs is 1. The highest BCUT2D eigenvalue weighted by Gasteiger charge is 2.37. The molecular formula is C17H21N3O2S. The van der Waals surface area contributed by atoms with E-state index in [1.807, 2.05) is 44.2 Å². The number of para-hydroxylation sites is 1. The Kier molecular flexibility index (Phi) is 4.35. The van der Waals surface area contributed by atoms with Crippen LogP contribution in [0, 0.1) is 0 Å². The maximum absolute atomic E-state index is 12.8. The monoisotopic (exact) mass is 331 g/mol. The van der Waals surface area contributed by atoms with Crippen LogP contribution in [-0.4, -0.2) is 57.4 Å². The molecule has 1 saturated heterocycles. The van der Waals surface area contributed by atoms with Crippen molar-refractivity contribution in [1.29, 1.82) is 0 Å². The Morgan fingerprint density at radius 2 is 2.09 bits per heavy atom. The summed E-state index contributed by atoms with van der Waals surface area (Å²) in [7, 11) is 1.79. The van der Waals surface area contributed by atoms with Gasteiger partial charge in [0.2, 0.25) is 5.91 Å². The highest BCUT2D eigenvalue weighted by molar-refractivity contribution is 7.99. The third-order valence-electron chi connectivity index (χ3n) is 4.31. The van der Waals surface area contributed by atoms with E-state index in [1.165, 1.54) is 0 Å². The van der Waals surface area contributed by atoms with Crippen molar-refractivity contribution in [2.24, 2.45) is 0 Å². The summed E-state index contributed by atoms with van der Waals surface area (Å²) in [4.78, 5) is 32.0. The SMILES string of the molecule is CC(C)N(C)C(=O)[C@H]1CSCN1C(=O)c1cc2ccccc2[nH]1. The van der Waals surface area contributed by atoms with E-state index in [0.717, 1.165) is 10.9 Å². The van der Waals surface area contributed by atoms with Gasteiger partial charge < -0.3 is 14.8 Å². The maximum atomic E-state index is 12.8. The fourth-order valence-electron chi connectivity index (χ4n) is 2.68. The molecule has 1 atom stereocenters. The minimum Gasteiger partial charge on any atom is -0.351 e. The van der Waals surface area contributed by atoms with Gasteiger partial charge in [-0.1, -0.05) is 18.2 Å². The minimum absolute atomic E-state index is 0.00876. The number of nitrogens with zero attached hydrogens (tertiary/aromatic N) is 2. The van der Waals surface area contributed by atoms with Gasteiger partial charge in [0.15, 0.2) is 0 Å². The molecule has 2 amide bonds. The molecule has 1 aromatic heterocycles. The number of hydrogen-bond acceptors (Lipinski definition) is 3. The molecule has 122 valence electrons. The van der Waals surface area contributed by atoms with E-state index >= 15 is 0 Å². The molecule has 3 rings (SSSR count). The van der Waals surface area contributed by atoms with Crippen LogP contribution < -0.4 is 0 Å². The average molecular weight is 331 g/mol. The summed E-state index contributed by atoms with van der Waals surface area (Å²) in [6, 6.07) is 9.39. The zero-order chi connectivity index (χ0) is 16.6. The molecule has 1 N–H and O–H groups in total. The van der Waals surface area contributed by atoms with Gasteiger partial charge in [0.1, 0.15) is 11.7 Å². The number of aromatic nitrogens is 1. The number of H-pyrrole nitrogens is 1. The summed E-state index contributed by atoms with van der Waals surface area (Å²) in [5.41, 5.74) is 1.48. The summed E-state index contributed by atoms with van der Waals surface area (Å²) in [5, 5.41) is 1.00. The van der Waals surface area contributed by atoms with Crippen LogP contribution in [0.15, 0.2) is 30.3 Å². The van der Waals surface area contributed by atoms with Crippen LogP contribution >= 0.6 is 11.8 Å². The lowest BCUT2D eigenvalue weighted by Gasteiger charge is -2.29. The zero-order valence-corrected chi connectivity index (χ0v) is 14.4. The highest BCUT2D eigenvalue weighted by Crippen LogP contribution is 2.26. The number of carbonyl (C=O) groups is 2. The zero-order valence-electron chi connectivity index (χ0n) is 13.6. The molecule has 1 aliphatic rings. The Bertz CT molecular complexity index is 707. The summed E-state index contributed by atoms with van der Waals surface area (Å²) in [6.07, 6.45) is 0. The summed E-state index contributed by atoms with van der Waals surface area (Å²) in [6.45, 7) is 3.95. The van der Waals surface area contributed by atoms with Crippen molar-refractivity contribution < 1.29 is 9.59 Å². The molecule has 1 aliphatic heterocycles. The average Bonchev–Trinajstić information content (AvgIpc) is 3.18. The number of hydrogen-bond donors (Lipinski definition) is 1. The van der Waals surface area contributed by atoms with E-state index in [0.29, 0.717) is 17.3 Å². The molecule has 0 radical (unpaired) electrons. The van der Waals surface area contributed by atoms with E-state index < -0.39 is 0 Å². The molecule has 0 saturated carbocycles. The van der Waals surface area contributed by atoms with Gasteiger partial charge in [-0.2, -0.15) is 0 Å². The van der Waals surface area contributed by atoms with Crippen molar-refractivity contribution in [2.75, 3.05) is 18.7 Å². The van der Waals surface area contributed by atoms with Crippen molar-refractivity contribution in [3.8, 4) is 0 Å². The van der Waals surface area contributed by atoms with Gasteiger partial charge in [-0.25, -0.2) is 0 Å². The molecule has 2 heterocycles. The van der Waals surface area contributed by atoms with Gasteiger partial charge in [-0.05, 0) is 26.0 Å². The van der Waals surface area contributed by atoms with Crippen molar-refractivity contribution >= 4 is 34.5 Å². The first kappa shape index (κ1) is 15.9. The molecule has 0 bridgehead atoms. The molecule has 1 aromatic carbocycles. The smallest absolute Gasteiger partial charge is 0.271 e. The lowest BCUT2D eigenvalue weighted by atomic mass is 10.2. The summed E-state index contributed by atoms with van der Waals surface area (Å²) in [5.74, 6) is 1.11. The van der Waals surface area contributed by atoms with E-state index in [1.54, 1.807) is 28.6 Å². The normalized spacial score (nSPS) is 17.9. The fourth-order valence-corrected chi connectivity index (χ4v) is 3.83. The maximum Gasteiger partial charge on any atom is 0.271 e. The predicted octanol–water partition coefficient (Wildman–Crippen LogP) is 2.55. The van der Waals surface area contributed by atoms with E-state index in [2.05, 4.69) is 4.98 Å². The Labute approximate surface area is 140 Å². The van der Waals surface area contributed by atoms with Crippen LogP contribution in [0.4, 0.5) is 0 Å². The third kappa shape index (κ3) is 2.95. The Morgan fingerprint density at radius 1 is 1.35 bits per heavy atom. The first-order chi connectivity index (χ1) is 11.0. The predicted molar refractivity (Wildman–Crippen MR) is 93.5 cm³/mol.